The highest BCUT2D eigenvalue weighted by atomic mass is 16.6. The van der Waals surface area contributed by atoms with E-state index in [1.807, 2.05) is 0 Å². The standard InChI is InChI=1S/C24H21B2N3O7/c30-23(28-17-9-11-18(12-10-17)36-26(34)35)14-27-24(31)20-13-22(29-21-4-2-1-3-19(20)21)15-5-7-16(8-6-15)25(32)33/h1-13,32-35H,14H2,(H,27,31)(H,28,30). The Labute approximate surface area is 206 Å². The first-order valence-electron chi connectivity index (χ1n) is 10.9. The van der Waals surface area contributed by atoms with E-state index in [1.165, 1.54) is 24.3 Å². The highest BCUT2D eigenvalue weighted by molar-refractivity contribution is 6.58. The van der Waals surface area contributed by atoms with Crippen LogP contribution < -0.4 is 20.8 Å². The molecule has 0 fully saturated rings. The zero-order valence-corrected chi connectivity index (χ0v) is 18.8. The lowest BCUT2D eigenvalue weighted by atomic mass is 9.80. The van der Waals surface area contributed by atoms with Crippen molar-refractivity contribution in [2.24, 2.45) is 0 Å². The Kier molecular flexibility index (Phi) is 7.62. The molecule has 1 heterocycles. The monoisotopic (exact) mass is 485 g/mol. The summed E-state index contributed by atoms with van der Waals surface area (Å²) < 4.78 is 4.71. The lowest BCUT2D eigenvalue weighted by molar-refractivity contribution is -0.115. The van der Waals surface area contributed by atoms with Crippen molar-refractivity contribution in [3.63, 3.8) is 0 Å². The average molecular weight is 485 g/mol. The number of nitrogens with zero attached hydrogens (tertiary/aromatic N) is 1. The Balaban J connectivity index is 1.49. The summed E-state index contributed by atoms with van der Waals surface area (Å²) in [6.07, 6.45) is 0. The van der Waals surface area contributed by atoms with Crippen LogP contribution in [0.15, 0.2) is 78.9 Å². The maximum atomic E-state index is 13.0. The summed E-state index contributed by atoms with van der Waals surface area (Å²) in [4.78, 5) is 30.0. The molecule has 4 rings (SSSR count). The smallest absolute Gasteiger partial charge is 0.512 e. The van der Waals surface area contributed by atoms with Crippen molar-refractivity contribution < 1.29 is 34.3 Å². The van der Waals surface area contributed by atoms with Crippen LogP contribution in [0.3, 0.4) is 0 Å². The van der Waals surface area contributed by atoms with E-state index in [9.17, 15) is 19.6 Å². The molecule has 0 aliphatic carbocycles. The van der Waals surface area contributed by atoms with Crippen LogP contribution in [0.4, 0.5) is 5.69 Å². The minimum Gasteiger partial charge on any atom is -0.512 e. The Bertz CT molecular complexity index is 1380. The highest BCUT2D eigenvalue weighted by Crippen LogP contribution is 2.24. The number of carbonyl (C=O) groups excluding carboxylic acids is 2. The molecule has 3 aromatic carbocycles. The number of pyridine rings is 1. The van der Waals surface area contributed by atoms with E-state index < -0.39 is 26.3 Å². The molecule has 36 heavy (non-hydrogen) atoms. The van der Waals surface area contributed by atoms with Gasteiger partial charge in [0.25, 0.3) is 5.91 Å². The first-order chi connectivity index (χ1) is 17.3. The molecular formula is C24H21B2N3O7. The quantitative estimate of drug-likeness (QED) is 0.194. The van der Waals surface area contributed by atoms with Crippen molar-refractivity contribution in [1.82, 2.24) is 10.3 Å². The first-order valence-corrected chi connectivity index (χ1v) is 10.9. The number of anilines is 1. The molecule has 0 saturated heterocycles. The second-order valence-electron chi connectivity index (χ2n) is 7.77. The second-order valence-corrected chi connectivity index (χ2v) is 7.77. The first kappa shape index (κ1) is 24.9. The molecule has 12 heteroatoms. The molecule has 180 valence electrons. The van der Waals surface area contributed by atoms with Crippen LogP contribution in [0, 0.1) is 0 Å². The lowest BCUT2D eigenvalue weighted by Gasteiger charge is -2.12. The van der Waals surface area contributed by atoms with Gasteiger partial charge in [0, 0.05) is 16.6 Å². The Hall–Kier alpha value is -4.22. The van der Waals surface area contributed by atoms with E-state index in [0.29, 0.717) is 38.9 Å². The maximum Gasteiger partial charge on any atom is 0.707 e. The summed E-state index contributed by atoms with van der Waals surface area (Å²) in [6, 6.07) is 21.2. The largest absolute Gasteiger partial charge is 0.707 e. The summed E-state index contributed by atoms with van der Waals surface area (Å²) >= 11 is 0. The Morgan fingerprint density at radius 3 is 2.25 bits per heavy atom. The molecule has 6 N–H and O–H groups in total. The third-order valence-electron chi connectivity index (χ3n) is 5.25. The molecule has 2 amide bonds. The van der Waals surface area contributed by atoms with Gasteiger partial charge in [-0.2, -0.15) is 0 Å². The number of carbonyl (C=O) groups is 2. The van der Waals surface area contributed by atoms with Crippen molar-refractivity contribution in [2.75, 3.05) is 11.9 Å². The Morgan fingerprint density at radius 1 is 0.889 bits per heavy atom. The molecule has 0 aliphatic rings. The predicted octanol–water partition coefficient (Wildman–Crippen LogP) is 0.298. The molecular weight excluding hydrogens is 464 g/mol. The molecule has 0 radical (unpaired) electrons. The molecule has 0 spiro atoms. The number of aromatic nitrogens is 1. The van der Waals surface area contributed by atoms with Gasteiger partial charge in [0.2, 0.25) is 5.91 Å². The number of fused-ring (bicyclic) bond motifs is 1. The van der Waals surface area contributed by atoms with Gasteiger partial charge in [0.1, 0.15) is 5.75 Å². The van der Waals surface area contributed by atoms with Crippen LogP contribution in [0.2, 0.25) is 0 Å². The van der Waals surface area contributed by atoms with Crippen LogP contribution >= 0.6 is 0 Å². The van der Waals surface area contributed by atoms with E-state index in [2.05, 4.69) is 15.6 Å². The topological polar surface area (TPSA) is 161 Å². The van der Waals surface area contributed by atoms with Gasteiger partial charge in [0.05, 0.1) is 23.3 Å². The van der Waals surface area contributed by atoms with Gasteiger partial charge in [-0.25, -0.2) is 4.98 Å². The molecule has 4 aromatic rings. The summed E-state index contributed by atoms with van der Waals surface area (Å²) in [6.45, 7) is -0.290. The molecule has 0 aliphatic heterocycles. The van der Waals surface area contributed by atoms with Gasteiger partial charge >= 0.3 is 14.4 Å². The van der Waals surface area contributed by atoms with Gasteiger partial charge in [0.15, 0.2) is 0 Å². The summed E-state index contributed by atoms with van der Waals surface area (Å²) in [5.74, 6) is -0.720. The number of amides is 2. The van der Waals surface area contributed by atoms with Gasteiger partial charge in [-0.3, -0.25) is 9.59 Å². The normalized spacial score (nSPS) is 10.6. The van der Waals surface area contributed by atoms with Crippen molar-refractivity contribution >= 4 is 48.3 Å². The number of hydrogen-bond acceptors (Lipinski definition) is 8. The predicted molar refractivity (Wildman–Crippen MR) is 135 cm³/mol. The zero-order chi connectivity index (χ0) is 25.7. The molecule has 0 atom stereocenters. The van der Waals surface area contributed by atoms with Gasteiger partial charge in [-0.05, 0) is 41.9 Å². The number of hydrogen-bond donors (Lipinski definition) is 6. The van der Waals surface area contributed by atoms with Gasteiger partial charge < -0.3 is 35.4 Å². The summed E-state index contributed by atoms with van der Waals surface area (Å²) in [5, 5.41) is 42.1. The van der Waals surface area contributed by atoms with Crippen LogP contribution in [0.25, 0.3) is 22.2 Å². The number of nitrogens with one attached hydrogen (secondary N) is 2. The second kappa shape index (κ2) is 11.0. The van der Waals surface area contributed by atoms with E-state index >= 15 is 0 Å². The third-order valence-corrected chi connectivity index (χ3v) is 5.25. The molecule has 1 aromatic heterocycles. The minimum absolute atomic E-state index is 0.207. The molecule has 10 nitrogen and oxygen atoms in total. The minimum atomic E-state index is -1.95. The van der Waals surface area contributed by atoms with Crippen molar-refractivity contribution in [1.29, 1.82) is 0 Å². The number of rotatable bonds is 8. The fraction of sp³-hybridized carbons (Fsp3) is 0.0417. The summed E-state index contributed by atoms with van der Waals surface area (Å²) in [7, 11) is -3.53. The van der Waals surface area contributed by atoms with Crippen LogP contribution in [0.1, 0.15) is 10.4 Å². The maximum absolute atomic E-state index is 13.0. The van der Waals surface area contributed by atoms with Crippen molar-refractivity contribution in [3.05, 3.63) is 84.4 Å². The van der Waals surface area contributed by atoms with Crippen LogP contribution in [-0.2, 0) is 4.79 Å². The van der Waals surface area contributed by atoms with E-state index in [1.54, 1.807) is 54.6 Å². The summed E-state index contributed by atoms with van der Waals surface area (Å²) in [5.41, 5.74) is 2.87. The van der Waals surface area contributed by atoms with E-state index in [-0.39, 0.29) is 12.3 Å². The highest BCUT2D eigenvalue weighted by Gasteiger charge is 2.16. The molecule has 0 saturated carbocycles. The fourth-order valence-electron chi connectivity index (χ4n) is 3.54. The Morgan fingerprint density at radius 2 is 1.58 bits per heavy atom. The van der Waals surface area contributed by atoms with Crippen molar-refractivity contribution in [2.45, 2.75) is 0 Å². The molecule has 0 bridgehead atoms. The average Bonchev–Trinajstić information content (AvgIpc) is 2.87. The third kappa shape index (κ3) is 6.06. The van der Waals surface area contributed by atoms with E-state index in [0.717, 1.165) is 0 Å². The number of para-hydroxylation sites is 1. The van der Waals surface area contributed by atoms with Crippen LogP contribution in [0.5, 0.6) is 5.75 Å². The molecule has 0 unspecified atom stereocenters. The number of benzene rings is 3. The van der Waals surface area contributed by atoms with Crippen LogP contribution in [-0.4, -0.2) is 57.9 Å². The fourth-order valence-corrected chi connectivity index (χ4v) is 3.54. The van der Waals surface area contributed by atoms with E-state index in [4.69, 9.17) is 14.7 Å². The SMILES string of the molecule is O=C(CNC(=O)c1cc(-c2ccc(B(O)O)cc2)nc2ccccc12)Nc1ccc(OB(O)O)cc1. The van der Waals surface area contributed by atoms with Gasteiger partial charge in [-0.15, -0.1) is 0 Å². The van der Waals surface area contributed by atoms with Crippen molar-refractivity contribution in [3.8, 4) is 17.0 Å². The lowest BCUT2D eigenvalue weighted by Crippen LogP contribution is -2.33. The van der Waals surface area contributed by atoms with Gasteiger partial charge in [-0.1, -0.05) is 42.5 Å². The zero-order valence-electron chi connectivity index (χ0n) is 18.8.